The number of primary amides is 1. The van der Waals surface area contributed by atoms with Gasteiger partial charge in [0, 0.05) is 13.2 Å². The molecule has 0 radical (unpaired) electrons. The number of carbonyl (C=O) groups excluding carboxylic acids is 1. The Morgan fingerprint density at radius 3 is 3.00 bits per heavy atom. The number of nitrogens with one attached hydrogen (secondary N) is 1. The molecule has 0 aliphatic heterocycles. The summed E-state index contributed by atoms with van der Waals surface area (Å²) in [6.07, 6.45) is 3.95. The lowest BCUT2D eigenvalue weighted by atomic mass is 9.83. The van der Waals surface area contributed by atoms with Gasteiger partial charge in [0.15, 0.2) is 5.82 Å². The van der Waals surface area contributed by atoms with E-state index < -0.39 is 0 Å². The number of ether oxygens (including phenoxy) is 1. The van der Waals surface area contributed by atoms with E-state index >= 15 is 0 Å². The molecule has 1 saturated carbocycles. The van der Waals surface area contributed by atoms with Crippen molar-refractivity contribution in [1.29, 1.82) is 0 Å². The van der Waals surface area contributed by atoms with Gasteiger partial charge in [0.25, 0.3) is 0 Å². The fourth-order valence-electron chi connectivity index (χ4n) is 2.69. The molecule has 2 rings (SSSR count). The lowest BCUT2D eigenvalue weighted by Crippen LogP contribution is -2.45. The Morgan fingerprint density at radius 1 is 1.55 bits per heavy atom. The van der Waals surface area contributed by atoms with Crippen LogP contribution in [-0.4, -0.2) is 29.2 Å². The molecule has 0 saturated heterocycles. The summed E-state index contributed by atoms with van der Waals surface area (Å²) in [6, 6.07) is -0.0351. The number of carbonyl (C=O) groups is 1. The van der Waals surface area contributed by atoms with Crippen molar-refractivity contribution >= 4 is 5.91 Å². The summed E-state index contributed by atoms with van der Waals surface area (Å²) < 4.78 is 10.1. The van der Waals surface area contributed by atoms with Crippen LogP contribution in [0.4, 0.5) is 0 Å². The molecular formula is C13H22N4O3. The van der Waals surface area contributed by atoms with Gasteiger partial charge in [-0.2, -0.15) is 4.98 Å². The highest BCUT2D eigenvalue weighted by Gasteiger charge is 2.31. The van der Waals surface area contributed by atoms with E-state index in [0.717, 1.165) is 25.7 Å². The molecule has 7 nitrogen and oxygen atoms in total. The molecule has 112 valence electrons. The van der Waals surface area contributed by atoms with E-state index in [1.165, 1.54) is 0 Å². The summed E-state index contributed by atoms with van der Waals surface area (Å²) >= 11 is 0. The zero-order valence-corrected chi connectivity index (χ0v) is 12.0. The molecule has 0 aromatic carbocycles. The minimum Gasteiger partial charge on any atom is -0.377 e. The lowest BCUT2D eigenvalue weighted by Gasteiger charge is -2.31. The van der Waals surface area contributed by atoms with Gasteiger partial charge >= 0.3 is 0 Å². The van der Waals surface area contributed by atoms with Crippen molar-refractivity contribution in [2.24, 2.45) is 11.7 Å². The highest BCUT2D eigenvalue weighted by Crippen LogP contribution is 2.26. The lowest BCUT2D eigenvalue weighted by molar-refractivity contribution is -0.123. The molecule has 1 aromatic rings. The standard InChI is InChI=1S/C13H22N4O3/c1-8(13-16-11(7-19-2)17-20-13)15-10-6-4-3-5-9(10)12(14)18/h8-10,15H,3-7H2,1-2H3,(H2,14,18)/t8-,9-,10+/m0/s1. The molecule has 1 amide bonds. The van der Waals surface area contributed by atoms with Crippen molar-refractivity contribution in [1.82, 2.24) is 15.5 Å². The number of amides is 1. The molecule has 1 heterocycles. The van der Waals surface area contributed by atoms with Crippen LogP contribution in [0.25, 0.3) is 0 Å². The summed E-state index contributed by atoms with van der Waals surface area (Å²) in [5, 5.41) is 7.22. The number of hydrogen-bond acceptors (Lipinski definition) is 6. The largest absolute Gasteiger partial charge is 0.377 e. The molecule has 3 atom stereocenters. The summed E-state index contributed by atoms with van der Waals surface area (Å²) in [5.41, 5.74) is 5.47. The maximum atomic E-state index is 11.5. The number of methoxy groups -OCH3 is 1. The highest BCUT2D eigenvalue weighted by molar-refractivity contribution is 5.77. The van der Waals surface area contributed by atoms with E-state index in [1.54, 1.807) is 7.11 Å². The van der Waals surface area contributed by atoms with Gasteiger partial charge in [-0.05, 0) is 19.8 Å². The van der Waals surface area contributed by atoms with Gasteiger partial charge in [0.1, 0.15) is 6.61 Å². The van der Waals surface area contributed by atoms with Crippen molar-refractivity contribution in [3.63, 3.8) is 0 Å². The van der Waals surface area contributed by atoms with Crippen molar-refractivity contribution in [2.75, 3.05) is 7.11 Å². The first-order chi connectivity index (χ1) is 9.61. The van der Waals surface area contributed by atoms with Gasteiger partial charge in [0.05, 0.1) is 12.0 Å². The summed E-state index contributed by atoms with van der Waals surface area (Å²) in [4.78, 5) is 15.7. The second-order valence-corrected chi connectivity index (χ2v) is 5.27. The summed E-state index contributed by atoms with van der Waals surface area (Å²) in [7, 11) is 1.58. The van der Waals surface area contributed by atoms with E-state index in [1.807, 2.05) is 6.92 Å². The maximum Gasteiger partial charge on any atom is 0.243 e. The van der Waals surface area contributed by atoms with Gasteiger partial charge in [0.2, 0.25) is 11.8 Å². The monoisotopic (exact) mass is 282 g/mol. The van der Waals surface area contributed by atoms with Crippen LogP contribution < -0.4 is 11.1 Å². The third kappa shape index (κ3) is 3.55. The van der Waals surface area contributed by atoms with E-state index in [0.29, 0.717) is 18.3 Å². The maximum absolute atomic E-state index is 11.5. The Hall–Kier alpha value is -1.47. The second kappa shape index (κ2) is 6.81. The zero-order chi connectivity index (χ0) is 14.5. The van der Waals surface area contributed by atoms with Gasteiger partial charge in [-0.25, -0.2) is 0 Å². The van der Waals surface area contributed by atoms with Gasteiger partial charge in [-0.15, -0.1) is 0 Å². The molecule has 0 bridgehead atoms. The van der Waals surface area contributed by atoms with Crippen molar-refractivity contribution in [2.45, 2.75) is 51.3 Å². The summed E-state index contributed by atoms with van der Waals surface area (Å²) in [6.45, 7) is 2.26. The number of nitrogens with two attached hydrogens (primary N) is 1. The average molecular weight is 282 g/mol. The first kappa shape index (κ1) is 14.9. The van der Waals surface area contributed by atoms with Crippen molar-refractivity contribution in [3.05, 3.63) is 11.7 Å². The third-order valence-corrected chi connectivity index (χ3v) is 3.72. The van der Waals surface area contributed by atoms with Crippen LogP contribution in [0.15, 0.2) is 4.52 Å². The van der Waals surface area contributed by atoms with Crippen LogP contribution >= 0.6 is 0 Å². The molecule has 0 spiro atoms. The number of rotatable bonds is 6. The fraction of sp³-hybridized carbons (Fsp3) is 0.769. The minimum atomic E-state index is -0.236. The van der Waals surface area contributed by atoms with Crippen LogP contribution in [0.1, 0.15) is 50.4 Å². The molecule has 7 heteroatoms. The molecule has 1 aliphatic rings. The number of nitrogens with zero attached hydrogens (tertiary/aromatic N) is 2. The van der Waals surface area contributed by atoms with Gasteiger partial charge in [-0.3, -0.25) is 4.79 Å². The summed E-state index contributed by atoms with van der Waals surface area (Å²) in [5.74, 6) is 0.671. The molecular weight excluding hydrogens is 260 g/mol. The molecule has 1 aliphatic carbocycles. The van der Waals surface area contributed by atoms with E-state index in [9.17, 15) is 4.79 Å². The first-order valence-electron chi connectivity index (χ1n) is 6.98. The normalized spacial score (nSPS) is 24.5. The average Bonchev–Trinajstić information content (AvgIpc) is 2.88. The predicted molar refractivity (Wildman–Crippen MR) is 71.5 cm³/mol. The molecule has 3 N–H and O–H groups in total. The van der Waals surface area contributed by atoms with Crippen LogP contribution in [0.5, 0.6) is 0 Å². The predicted octanol–water partition coefficient (Wildman–Crippen LogP) is 0.911. The Balaban J connectivity index is 1.97. The van der Waals surface area contributed by atoms with Crippen molar-refractivity contribution < 1.29 is 14.1 Å². The third-order valence-electron chi connectivity index (χ3n) is 3.72. The Labute approximate surface area is 118 Å². The van der Waals surface area contributed by atoms with E-state index in [4.69, 9.17) is 15.0 Å². The minimum absolute atomic E-state index is 0.0778. The molecule has 1 fully saturated rings. The van der Waals surface area contributed by atoms with Gasteiger partial charge < -0.3 is 20.3 Å². The Morgan fingerprint density at radius 2 is 2.30 bits per heavy atom. The molecule has 20 heavy (non-hydrogen) atoms. The topological polar surface area (TPSA) is 103 Å². The fourth-order valence-corrected chi connectivity index (χ4v) is 2.69. The quantitative estimate of drug-likeness (QED) is 0.804. The Bertz CT molecular complexity index is 449. The van der Waals surface area contributed by atoms with E-state index in [-0.39, 0.29) is 23.9 Å². The van der Waals surface area contributed by atoms with Gasteiger partial charge in [-0.1, -0.05) is 18.0 Å². The number of hydrogen-bond donors (Lipinski definition) is 2. The van der Waals surface area contributed by atoms with Crippen LogP contribution in [-0.2, 0) is 16.1 Å². The van der Waals surface area contributed by atoms with Crippen molar-refractivity contribution in [3.8, 4) is 0 Å². The SMILES string of the molecule is COCc1noc([C@H](C)N[C@@H]2CCCC[C@@H]2C(N)=O)n1. The zero-order valence-electron chi connectivity index (χ0n) is 12.0. The van der Waals surface area contributed by atoms with Crippen LogP contribution in [0, 0.1) is 5.92 Å². The number of aromatic nitrogens is 2. The van der Waals surface area contributed by atoms with Crippen LogP contribution in [0.3, 0.4) is 0 Å². The van der Waals surface area contributed by atoms with E-state index in [2.05, 4.69) is 15.5 Å². The van der Waals surface area contributed by atoms with Crippen LogP contribution in [0.2, 0.25) is 0 Å². The highest BCUT2D eigenvalue weighted by atomic mass is 16.5. The Kier molecular flexibility index (Phi) is 5.08. The molecule has 0 unspecified atom stereocenters. The first-order valence-corrected chi connectivity index (χ1v) is 6.98. The second-order valence-electron chi connectivity index (χ2n) is 5.27. The smallest absolute Gasteiger partial charge is 0.243 e. The molecule has 1 aromatic heterocycles.